The summed E-state index contributed by atoms with van der Waals surface area (Å²) in [6, 6.07) is 7.64. The average Bonchev–Trinajstić information content (AvgIpc) is 3.14. The molecule has 2 fully saturated rings. The quantitative estimate of drug-likeness (QED) is 0.511. The lowest BCUT2D eigenvalue weighted by Crippen LogP contribution is -2.47. The van der Waals surface area contributed by atoms with Crippen molar-refractivity contribution in [2.75, 3.05) is 6.61 Å². The molecule has 0 aromatic heterocycles. The topological polar surface area (TPSA) is 55.4 Å². The minimum absolute atomic E-state index is 0.00582. The van der Waals surface area contributed by atoms with Crippen molar-refractivity contribution < 1.29 is 14.3 Å². The summed E-state index contributed by atoms with van der Waals surface area (Å²) in [5.41, 5.74) is 2.52. The van der Waals surface area contributed by atoms with E-state index in [0.29, 0.717) is 12.5 Å². The number of halogens is 1. The number of ketones is 1. The van der Waals surface area contributed by atoms with Gasteiger partial charge >= 0.3 is 0 Å². The van der Waals surface area contributed by atoms with Crippen molar-refractivity contribution in [1.29, 1.82) is 0 Å². The lowest BCUT2D eigenvalue weighted by atomic mass is 9.91. The summed E-state index contributed by atoms with van der Waals surface area (Å²) < 4.78 is 5.46. The third-order valence-electron chi connectivity index (χ3n) is 6.05. The molecule has 5 heteroatoms. The molecule has 158 valence electrons. The first-order valence-electron chi connectivity index (χ1n) is 10.8. The third-order valence-corrected chi connectivity index (χ3v) is 6.30. The highest BCUT2D eigenvalue weighted by atomic mass is 35.5. The second-order valence-electron chi connectivity index (χ2n) is 8.62. The zero-order chi connectivity index (χ0) is 20.8. The van der Waals surface area contributed by atoms with Gasteiger partial charge in [-0.1, -0.05) is 43.2 Å². The molecule has 1 aromatic rings. The Hall–Kier alpha value is -1.65. The third kappa shape index (κ3) is 6.16. The molecule has 1 saturated carbocycles. The second kappa shape index (κ2) is 10.4. The van der Waals surface area contributed by atoms with Gasteiger partial charge in [0.25, 0.3) is 0 Å². The van der Waals surface area contributed by atoms with Crippen LogP contribution in [-0.2, 0) is 14.3 Å². The summed E-state index contributed by atoms with van der Waals surface area (Å²) in [5, 5.41) is 3.70. The molecule has 3 unspecified atom stereocenters. The summed E-state index contributed by atoms with van der Waals surface area (Å²) in [4.78, 5) is 25.4. The van der Waals surface area contributed by atoms with E-state index < -0.39 is 12.1 Å². The van der Waals surface area contributed by atoms with E-state index in [0.717, 1.165) is 50.0 Å². The summed E-state index contributed by atoms with van der Waals surface area (Å²) >= 11 is 6.01. The normalized spacial score (nSPS) is 25.0. The first kappa shape index (κ1) is 22.0. The Morgan fingerprint density at radius 3 is 2.52 bits per heavy atom. The van der Waals surface area contributed by atoms with Gasteiger partial charge in [0.15, 0.2) is 5.78 Å². The number of benzene rings is 1. The fourth-order valence-corrected chi connectivity index (χ4v) is 4.43. The van der Waals surface area contributed by atoms with Crippen LogP contribution in [0.1, 0.15) is 70.3 Å². The van der Waals surface area contributed by atoms with Crippen LogP contribution in [0.2, 0.25) is 5.02 Å². The molecule has 3 rings (SSSR count). The van der Waals surface area contributed by atoms with E-state index in [-0.39, 0.29) is 17.6 Å². The van der Waals surface area contributed by atoms with Gasteiger partial charge in [-0.3, -0.25) is 9.59 Å². The van der Waals surface area contributed by atoms with Crippen LogP contribution in [0.5, 0.6) is 0 Å². The number of hydrogen-bond donors (Lipinski definition) is 1. The molecule has 1 heterocycles. The van der Waals surface area contributed by atoms with Crippen LogP contribution in [0.15, 0.2) is 35.9 Å². The van der Waals surface area contributed by atoms with Gasteiger partial charge in [-0.25, -0.2) is 0 Å². The molecule has 1 aromatic carbocycles. The predicted octanol–water partition coefficient (Wildman–Crippen LogP) is 5.20. The van der Waals surface area contributed by atoms with Crippen LogP contribution in [0.25, 0.3) is 0 Å². The van der Waals surface area contributed by atoms with E-state index in [9.17, 15) is 9.59 Å². The molecule has 29 heavy (non-hydrogen) atoms. The Kier molecular flexibility index (Phi) is 7.91. The van der Waals surface area contributed by atoms with Crippen molar-refractivity contribution in [3.63, 3.8) is 0 Å². The van der Waals surface area contributed by atoms with E-state index in [1.54, 1.807) is 6.08 Å². The van der Waals surface area contributed by atoms with Crippen molar-refractivity contribution >= 4 is 23.3 Å². The Balaban J connectivity index is 1.61. The molecule has 0 bridgehead atoms. The highest BCUT2D eigenvalue weighted by Crippen LogP contribution is 2.34. The lowest BCUT2D eigenvalue weighted by Gasteiger charge is -2.22. The minimum atomic E-state index is -0.491. The van der Waals surface area contributed by atoms with Crippen LogP contribution in [0, 0.1) is 5.92 Å². The molecule has 0 radical (unpaired) electrons. The maximum absolute atomic E-state index is 13.0. The van der Waals surface area contributed by atoms with E-state index >= 15 is 0 Å². The van der Waals surface area contributed by atoms with Crippen LogP contribution in [0.4, 0.5) is 0 Å². The molecule has 1 aliphatic heterocycles. The van der Waals surface area contributed by atoms with Crippen LogP contribution < -0.4 is 5.32 Å². The summed E-state index contributed by atoms with van der Waals surface area (Å²) in [7, 11) is 0. The maximum Gasteiger partial charge on any atom is 0.249 e. The maximum atomic E-state index is 13.0. The van der Waals surface area contributed by atoms with E-state index in [1.165, 1.54) is 11.1 Å². The summed E-state index contributed by atoms with van der Waals surface area (Å²) in [6.07, 6.45) is 8.12. The average molecular weight is 418 g/mol. The number of hydrogen-bond acceptors (Lipinski definition) is 3. The Labute approximate surface area is 179 Å². The van der Waals surface area contributed by atoms with E-state index in [2.05, 4.69) is 17.4 Å². The van der Waals surface area contributed by atoms with Gasteiger partial charge in [0.05, 0.1) is 6.04 Å². The fourth-order valence-electron chi connectivity index (χ4n) is 4.31. The first-order valence-corrected chi connectivity index (χ1v) is 11.2. The molecule has 4 nitrogen and oxygen atoms in total. The predicted molar refractivity (Wildman–Crippen MR) is 116 cm³/mol. The van der Waals surface area contributed by atoms with Crippen molar-refractivity contribution in [3.8, 4) is 0 Å². The molecular weight excluding hydrogens is 386 g/mol. The molecule has 1 saturated heterocycles. The number of carbonyl (C=O) groups is 2. The molecule has 1 amide bonds. The fraction of sp³-hybridized carbons (Fsp3) is 0.583. The smallest absolute Gasteiger partial charge is 0.249 e. The molecule has 1 aliphatic carbocycles. The van der Waals surface area contributed by atoms with Crippen molar-refractivity contribution in [1.82, 2.24) is 5.32 Å². The lowest BCUT2D eigenvalue weighted by molar-refractivity contribution is -0.133. The molecule has 2 aliphatic rings. The largest absolute Gasteiger partial charge is 0.368 e. The number of carbonyl (C=O) groups excluding carboxylic acids is 2. The molecular formula is C24H32ClNO3. The highest BCUT2D eigenvalue weighted by molar-refractivity contribution is 6.30. The van der Waals surface area contributed by atoms with Crippen LogP contribution in [0.3, 0.4) is 0 Å². The van der Waals surface area contributed by atoms with Gasteiger partial charge in [-0.2, -0.15) is 0 Å². The van der Waals surface area contributed by atoms with Crippen LogP contribution >= 0.6 is 11.6 Å². The van der Waals surface area contributed by atoms with Gasteiger partial charge in [-0.05, 0) is 80.6 Å². The molecule has 0 spiro atoms. The SMILES string of the molecule is CC(C)C(NC(=O)C1CCCO1)C(=O)/C=C1/CCCC(c2ccc(Cl)cc2)CC1. The molecule has 1 N–H and O–H groups in total. The van der Waals surface area contributed by atoms with Gasteiger partial charge in [0.1, 0.15) is 6.10 Å². The Morgan fingerprint density at radius 1 is 1.10 bits per heavy atom. The number of nitrogens with one attached hydrogen (secondary N) is 1. The number of rotatable bonds is 6. The first-order chi connectivity index (χ1) is 13.9. The number of amides is 1. The van der Waals surface area contributed by atoms with E-state index in [1.807, 2.05) is 26.0 Å². The van der Waals surface area contributed by atoms with Crippen molar-refractivity contribution in [3.05, 3.63) is 46.5 Å². The van der Waals surface area contributed by atoms with Crippen molar-refractivity contribution in [2.45, 2.75) is 76.9 Å². The number of allylic oxidation sites excluding steroid dienone is 1. The van der Waals surface area contributed by atoms with Gasteiger partial charge in [0.2, 0.25) is 5.91 Å². The highest BCUT2D eigenvalue weighted by Gasteiger charge is 2.29. The van der Waals surface area contributed by atoms with Gasteiger partial charge in [0, 0.05) is 11.6 Å². The second-order valence-corrected chi connectivity index (χ2v) is 9.05. The Morgan fingerprint density at radius 2 is 1.86 bits per heavy atom. The number of ether oxygens (including phenoxy) is 1. The Bertz CT molecular complexity index is 735. The summed E-state index contributed by atoms with van der Waals surface area (Å²) in [6.45, 7) is 4.57. The monoisotopic (exact) mass is 417 g/mol. The van der Waals surface area contributed by atoms with Gasteiger partial charge in [-0.15, -0.1) is 0 Å². The van der Waals surface area contributed by atoms with E-state index in [4.69, 9.17) is 16.3 Å². The summed E-state index contributed by atoms with van der Waals surface area (Å²) in [5.74, 6) is 0.397. The zero-order valence-electron chi connectivity index (χ0n) is 17.5. The van der Waals surface area contributed by atoms with Crippen LogP contribution in [-0.4, -0.2) is 30.4 Å². The molecule has 3 atom stereocenters. The zero-order valence-corrected chi connectivity index (χ0v) is 18.2. The van der Waals surface area contributed by atoms with Crippen molar-refractivity contribution in [2.24, 2.45) is 5.92 Å². The standard InChI is InChI=1S/C24H32ClNO3/c1-16(2)23(26-24(28)22-7-4-14-29-22)21(27)15-17-5-3-6-18(9-8-17)19-10-12-20(25)13-11-19/h10-13,15-16,18,22-23H,3-9,14H2,1-2H3,(H,26,28)/b17-15-. The van der Waals surface area contributed by atoms with Gasteiger partial charge < -0.3 is 10.1 Å². The minimum Gasteiger partial charge on any atom is -0.368 e.